The molecule has 1 aliphatic rings. The Morgan fingerprint density at radius 2 is 1.61 bits per heavy atom. The second-order valence-electron chi connectivity index (χ2n) is 7.83. The Balaban J connectivity index is 1.25. The summed E-state index contributed by atoms with van der Waals surface area (Å²) in [6, 6.07) is 18.9. The van der Waals surface area contributed by atoms with Gasteiger partial charge in [-0.2, -0.15) is 0 Å². The fourth-order valence-corrected chi connectivity index (χ4v) is 3.77. The van der Waals surface area contributed by atoms with Crippen LogP contribution in [0.1, 0.15) is 5.56 Å². The fourth-order valence-electron chi connectivity index (χ4n) is 3.77. The van der Waals surface area contributed by atoms with E-state index in [2.05, 4.69) is 37.6 Å². The van der Waals surface area contributed by atoms with Gasteiger partial charge < -0.3 is 25.0 Å². The van der Waals surface area contributed by atoms with Gasteiger partial charge in [0, 0.05) is 44.5 Å². The summed E-state index contributed by atoms with van der Waals surface area (Å²) in [5, 5.41) is 5.60. The van der Waals surface area contributed by atoms with E-state index in [0.29, 0.717) is 17.1 Å². The summed E-state index contributed by atoms with van der Waals surface area (Å²) in [6.07, 6.45) is 1.68. The minimum Gasteiger partial charge on any atom is -0.497 e. The molecule has 2 aromatic carbocycles. The van der Waals surface area contributed by atoms with Crippen LogP contribution in [0.5, 0.6) is 11.5 Å². The fraction of sp³-hybridized carbons (Fsp3) is 0.280. The van der Waals surface area contributed by atoms with E-state index in [1.165, 1.54) is 5.56 Å². The lowest BCUT2D eigenvalue weighted by molar-refractivity contribution is 0.249. The molecular weight excluding hydrogens is 418 g/mol. The van der Waals surface area contributed by atoms with Crippen molar-refractivity contribution >= 4 is 23.2 Å². The van der Waals surface area contributed by atoms with E-state index in [1.807, 2.05) is 36.4 Å². The zero-order chi connectivity index (χ0) is 23.0. The molecule has 0 aliphatic carbocycles. The average Bonchev–Trinajstić information content (AvgIpc) is 2.85. The van der Waals surface area contributed by atoms with Crippen LogP contribution in [0, 0.1) is 0 Å². The molecular formula is C25H29N5O3. The molecule has 33 heavy (non-hydrogen) atoms. The number of piperazine rings is 1. The second-order valence-corrected chi connectivity index (χ2v) is 7.83. The van der Waals surface area contributed by atoms with Crippen LogP contribution in [0.3, 0.4) is 0 Å². The Hall–Kier alpha value is -3.78. The standard InChI is InChI=1S/C25H29N5O3/c1-32-22-9-6-19(7-10-22)18-29-12-14-30(15-13-29)24-11-8-21(17-26-24)28-25(31)27-20-4-3-5-23(16-20)33-2/h3-11,16-17H,12-15,18H2,1-2H3,(H2,27,28,31). The third-order valence-corrected chi connectivity index (χ3v) is 5.59. The summed E-state index contributed by atoms with van der Waals surface area (Å²) in [6.45, 7) is 4.68. The van der Waals surface area contributed by atoms with Crippen LogP contribution >= 0.6 is 0 Å². The molecule has 1 saturated heterocycles. The number of ether oxygens (including phenoxy) is 2. The summed E-state index contributed by atoms with van der Waals surface area (Å²) < 4.78 is 10.4. The number of hydrogen-bond acceptors (Lipinski definition) is 6. The molecule has 4 rings (SSSR count). The first-order valence-corrected chi connectivity index (χ1v) is 10.9. The lowest BCUT2D eigenvalue weighted by Crippen LogP contribution is -2.46. The van der Waals surface area contributed by atoms with Crippen molar-refractivity contribution < 1.29 is 14.3 Å². The van der Waals surface area contributed by atoms with E-state index in [-0.39, 0.29) is 6.03 Å². The lowest BCUT2D eigenvalue weighted by atomic mass is 10.2. The lowest BCUT2D eigenvalue weighted by Gasteiger charge is -2.35. The third-order valence-electron chi connectivity index (χ3n) is 5.59. The summed E-state index contributed by atoms with van der Waals surface area (Å²) in [5.74, 6) is 2.48. The molecule has 2 heterocycles. The van der Waals surface area contributed by atoms with Gasteiger partial charge in [-0.05, 0) is 42.0 Å². The first-order chi connectivity index (χ1) is 16.1. The maximum atomic E-state index is 12.3. The Morgan fingerprint density at radius 3 is 2.27 bits per heavy atom. The van der Waals surface area contributed by atoms with Crippen LogP contribution in [0.2, 0.25) is 0 Å². The Labute approximate surface area is 194 Å². The molecule has 1 aromatic heterocycles. The predicted octanol–water partition coefficient (Wildman–Crippen LogP) is 4.07. The van der Waals surface area contributed by atoms with E-state index >= 15 is 0 Å². The van der Waals surface area contributed by atoms with Crippen LogP contribution in [-0.4, -0.2) is 56.3 Å². The van der Waals surface area contributed by atoms with E-state index < -0.39 is 0 Å². The van der Waals surface area contributed by atoms with Crippen LogP contribution in [0.4, 0.5) is 22.0 Å². The minimum absolute atomic E-state index is 0.329. The number of carbonyl (C=O) groups is 1. The first kappa shape index (κ1) is 22.4. The van der Waals surface area contributed by atoms with Crippen molar-refractivity contribution in [3.05, 3.63) is 72.4 Å². The molecule has 0 bridgehead atoms. The molecule has 1 aliphatic heterocycles. The maximum Gasteiger partial charge on any atom is 0.323 e. The number of urea groups is 1. The highest BCUT2D eigenvalue weighted by molar-refractivity contribution is 5.99. The van der Waals surface area contributed by atoms with E-state index in [0.717, 1.165) is 44.3 Å². The van der Waals surface area contributed by atoms with Crippen molar-refractivity contribution in [2.75, 3.05) is 55.9 Å². The van der Waals surface area contributed by atoms with E-state index in [1.54, 1.807) is 32.5 Å². The summed E-state index contributed by atoms with van der Waals surface area (Å²) in [4.78, 5) is 21.5. The number of pyridine rings is 1. The Morgan fingerprint density at radius 1 is 0.879 bits per heavy atom. The third kappa shape index (κ3) is 6.14. The summed E-state index contributed by atoms with van der Waals surface area (Å²) in [5.41, 5.74) is 2.58. The molecule has 8 heteroatoms. The highest BCUT2D eigenvalue weighted by atomic mass is 16.5. The van der Waals surface area contributed by atoms with Crippen molar-refractivity contribution in [1.82, 2.24) is 9.88 Å². The van der Waals surface area contributed by atoms with Crippen LogP contribution in [0.25, 0.3) is 0 Å². The van der Waals surface area contributed by atoms with Gasteiger partial charge in [0.25, 0.3) is 0 Å². The molecule has 8 nitrogen and oxygen atoms in total. The summed E-state index contributed by atoms with van der Waals surface area (Å²) in [7, 11) is 3.27. The van der Waals surface area contributed by atoms with Crippen LogP contribution in [-0.2, 0) is 6.54 Å². The summed E-state index contributed by atoms with van der Waals surface area (Å²) >= 11 is 0. The maximum absolute atomic E-state index is 12.3. The van der Waals surface area contributed by atoms with Gasteiger partial charge >= 0.3 is 6.03 Å². The largest absolute Gasteiger partial charge is 0.497 e. The number of carbonyl (C=O) groups excluding carboxylic acids is 1. The number of benzene rings is 2. The zero-order valence-electron chi connectivity index (χ0n) is 19.0. The molecule has 0 saturated carbocycles. The molecule has 1 fully saturated rings. The molecule has 0 atom stereocenters. The average molecular weight is 448 g/mol. The van der Waals surface area contributed by atoms with E-state index in [4.69, 9.17) is 9.47 Å². The molecule has 2 amide bonds. The topological polar surface area (TPSA) is 79.0 Å². The van der Waals surface area contributed by atoms with Gasteiger partial charge in [0.05, 0.1) is 26.1 Å². The second kappa shape index (κ2) is 10.7. The minimum atomic E-state index is -0.329. The van der Waals surface area contributed by atoms with Gasteiger partial charge in [-0.1, -0.05) is 18.2 Å². The normalized spacial score (nSPS) is 13.9. The number of hydrogen-bond donors (Lipinski definition) is 2. The molecule has 0 spiro atoms. The number of rotatable bonds is 7. The van der Waals surface area contributed by atoms with Crippen molar-refractivity contribution in [1.29, 1.82) is 0 Å². The number of methoxy groups -OCH3 is 2. The monoisotopic (exact) mass is 447 g/mol. The number of amides is 2. The molecule has 172 valence electrons. The number of anilines is 3. The number of nitrogens with zero attached hydrogens (tertiary/aromatic N) is 3. The van der Waals surface area contributed by atoms with Gasteiger partial charge in [0.15, 0.2) is 0 Å². The molecule has 0 radical (unpaired) electrons. The zero-order valence-corrected chi connectivity index (χ0v) is 19.0. The Kier molecular flexibility index (Phi) is 7.26. The smallest absolute Gasteiger partial charge is 0.323 e. The Bertz CT molecular complexity index is 1050. The van der Waals surface area contributed by atoms with Crippen LogP contribution < -0.4 is 25.0 Å². The van der Waals surface area contributed by atoms with Gasteiger partial charge in [-0.15, -0.1) is 0 Å². The SMILES string of the molecule is COc1ccc(CN2CCN(c3ccc(NC(=O)Nc4cccc(OC)c4)cn3)CC2)cc1. The molecule has 2 N–H and O–H groups in total. The van der Waals surface area contributed by atoms with Gasteiger partial charge in [-0.3, -0.25) is 4.90 Å². The van der Waals surface area contributed by atoms with Crippen molar-refractivity contribution in [2.45, 2.75) is 6.54 Å². The highest BCUT2D eigenvalue weighted by Crippen LogP contribution is 2.20. The first-order valence-electron chi connectivity index (χ1n) is 10.9. The van der Waals surface area contributed by atoms with Crippen molar-refractivity contribution in [2.24, 2.45) is 0 Å². The molecule has 3 aromatic rings. The van der Waals surface area contributed by atoms with Crippen molar-refractivity contribution in [3.63, 3.8) is 0 Å². The van der Waals surface area contributed by atoms with Crippen LogP contribution in [0.15, 0.2) is 66.9 Å². The number of nitrogens with one attached hydrogen (secondary N) is 2. The predicted molar refractivity (Wildman–Crippen MR) is 130 cm³/mol. The highest BCUT2D eigenvalue weighted by Gasteiger charge is 2.18. The quantitative estimate of drug-likeness (QED) is 0.569. The van der Waals surface area contributed by atoms with Gasteiger partial charge in [0.1, 0.15) is 17.3 Å². The van der Waals surface area contributed by atoms with Gasteiger partial charge in [0.2, 0.25) is 0 Å². The molecule has 0 unspecified atom stereocenters. The van der Waals surface area contributed by atoms with E-state index in [9.17, 15) is 4.79 Å². The number of aromatic nitrogens is 1. The van der Waals surface area contributed by atoms with Crippen molar-refractivity contribution in [3.8, 4) is 11.5 Å². The van der Waals surface area contributed by atoms with Gasteiger partial charge in [-0.25, -0.2) is 9.78 Å².